The van der Waals surface area contributed by atoms with E-state index in [0.717, 1.165) is 5.56 Å². The second kappa shape index (κ2) is 6.69. The maximum Gasteiger partial charge on any atom is 0.159 e. The van der Waals surface area contributed by atoms with Gasteiger partial charge in [-0.05, 0) is 35.9 Å². The van der Waals surface area contributed by atoms with Crippen LogP contribution in [0.2, 0.25) is 0 Å². The SMILES string of the molecule is Nc1c(NCc2cccnc2)ncnc1Nc1ccc(F)cc1. The van der Waals surface area contributed by atoms with Crippen molar-refractivity contribution in [1.82, 2.24) is 15.0 Å². The number of hydrogen-bond donors (Lipinski definition) is 3. The first-order valence-electron chi connectivity index (χ1n) is 6.98. The van der Waals surface area contributed by atoms with Crippen LogP contribution in [0, 0.1) is 5.82 Å². The average molecular weight is 310 g/mol. The summed E-state index contributed by atoms with van der Waals surface area (Å²) in [5.41, 5.74) is 8.18. The van der Waals surface area contributed by atoms with E-state index < -0.39 is 0 Å². The molecule has 0 fully saturated rings. The highest BCUT2D eigenvalue weighted by atomic mass is 19.1. The lowest BCUT2D eigenvalue weighted by Gasteiger charge is -2.12. The van der Waals surface area contributed by atoms with Crippen LogP contribution in [0.4, 0.5) is 27.4 Å². The number of halogens is 1. The van der Waals surface area contributed by atoms with E-state index >= 15 is 0 Å². The lowest BCUT2D eigenvalue weighted by Crippen LogP contribution is -2.08. The van der Waals surface area contributed by atoms with Crippen molar-refractivity contribution in [3.8, 4) is 0 Å². The second-order valence-corrected chi connectivity index (χ2v) is 4.83. The van der Waals surface area contributed by atoms with E-state index in [1.54, 1.807) is 24.5 Å². The molecule has 116 valence electrons. The van der Waals surface area contributed by atoms with E-state index in [9.17, 15) is 4.39 Å². The molecule has 3 aromatic rings. The zero-order valence-corrected chi connectivity index (χ0v) is 12.2. The maximum absolute atomic E-state index is 12.9. The van der Waals surface area contributed by atoms with E-state index in [2.05, 4.69) is 25.6 Å². The van der Waals surface area contributed by atoms with Gasteiger partial charge >= 0.3 is 0 Å². The highest BCUT2D eigenvalue weighted by Crippen LogP contribution is 2.26. The molecule has 0 spiro atoms. The summed E-state index contributed by atoms with van der Waals surface area (Å²) in [5, 5.41) is 6.19. The largest absolute Gasteiger partial charge is 0.393 e. The lowest BCUT2D eigenvalue weighted by molar-refractivity contribution is 0.628. The van der Waals surface area contributed by atoms with Crippen LogP contribution in [0.1, 0.15) is 5.56 Å². The molecule has 0 unspecified atom stereocenters. The van der Waals surface area contributed by atoms with E-state index in [-0.39, 0.29) is 5.82 Å². The third-order valence-corrected chi connectivity index (χ3v) is 3.17. The lowest BCUT2D eigenvalue weighted by atomic mass is 10.3. The molecule has 0 atom stereocenters. The Hall–Kier alpha value is -3.22. The van der Waals surface area contributed by atoms with Gasteiger partial charge in [0.15, 0.2) is 11.6 Å². The number of aromatic nitrogens is 3. The fourth-order valence-corrected chi connectivity index (χ4v) is 1.99. The van der Waals surface area contributed by atoms with Crippen LogP contribution in [-0.4, -0.2) is 15.0 Å². The molecular weight excluding hydrogens is 295 g/mol. The van der Waals surface area contributed by atoms with Gasteiger partial charge in [0.1, 0.15) is 17.8 Å². The topological polar surface area (TPSA) is 88.8 Å². The summed E-state index contributed by atoms with van der Waals surface area (Å²) < 4.78 is 12.9. The van der Waals surface area contributed by atoms with Gasteiger partial charge < -0.3 is 16.4 Å². The van der Waals surface area contributed by atoms with Gasteiger partial charge in [-0.1, -0.05) is 6.07 Å². The average Bonchev–Trinajstić information content (AvgIpc) is 2.58. The molecule has 2 aromatic heterocycles. The number of nitrogens with two attached hydrogens (primary N) is 1. The molecule has 0 bridgehead atoms. The van der Waals surface area contributed by atoms with Gasteiger partial charge in [-0.25, -0.2) is 14.4 Å². The monoisotopic (exact) mass is 310 g/mol. The smallest absolute Gasteiger partial charge is 0.159 e. The minimum atomic E-state index is -0.301. The number of rotatable bonds is 5. The molecule has 1 aromatic carbocycles. The van der Waals surface area contributed by atoms with E-state index in [4.69, 9.17) is 5.73 Å². The number of benzene rings is 1. The van der Waals surface area contributed by atoms with Gasteiger partial charge in [0.25, 0.3) is 0 Å². The number of nitrogen functional groups attached to an aromatic ring is 1. The van der Waals surface area contributed by atoms with Crippen molar-refractivity contribution in [1.29, 1.82) is 0 Å². The summed E-state index contributed by atoms with van der Waals surface area (Å²) in [6.07, 6.45) is 4.89. The molecule has 0 saturated heterocycles. The predicted molar refractivity (Wildman–Crippen MR) is 87.7 cm³/mol. The van der Waals surface area contributed by atoms with Crippen LogP contribution in [-0.2, 0) is 6.54 Å². The third-order valence-electron chi connectivity index (χ3n) is 3.17. The molecule has 4 N–H and O–H groups in total. The molecule has 2 heterocycles. The molecule has 0 saturated carbocycles. The Morgan fingerprint density at radius 2 is 1.83 bits per heavy atom. The molecule has 23 heavy (non-hydrogen) atoms. The molecule has 0 aliphatic rings. The Kier molecular flexibility index (Phi) is 4.28. The Morgan fingerprint density at radius 1 is 1.04 bits per heavy atom. The van der Waals surface area contributed by atoms with Crippen molar-refractivity contribution in [2.45, 2.75) is 6.54 Å². The molecule has 3 rings (SSSR count). The van der Waals surface area contributed by atoms with E-state index in [1.807, 2.05) is 12.1 Å². The van der Waals surface area contributed by atoms with Crippen LogP contribution < -0.4 is 16.4 Å². The van der Waals surface area contributed by atoms with Crippen LogP contribution in [0.25, 0.3) is 0 Å². The fraction of sp³-hybridized carbons (Fsp3) is 0.0625. The van der Waals surface area contributed by atoms with Crippen molar-refractivity contribution in [2.24, 2.45) is 0 Å². The van der Waals surface area contributed by atoms with Crippen molar-refractivity contribution < 1.29 is 4.39 Å². The zero-order valence-electron chi connectivity index (χ0n) is 12.2. The van der Waals surface area contributed by atoms with Gasteiger partial charge in [-0.3, -0.25) is 4.98 Å². The summed E-state index contributed by atoms with van der Waals surface area (Å²) in [5.74, 6) is 0.679. The molecular formula is C16H15FN6. The van der Waals surface area contributed by atoms with Crippen molar-refractivity contribution in [3.05, 3.63) is 66.5 Å². The molecule has 0 amide bonds. The highest BCUT2D eigenvalue weighted by Gasteiger charge is 2.08. The van der Waals surface area contributed by atoms with Gasteiger partial charge in [0.2, 0.25) is 0 Å². The number of pyridine rings is 1. The van der Waals surface area contributed by atoms with Gasteiger partial charge in [-0.2, -0.15) is 0 Å². The van der Waals surface area contributed by atoms with Gasteiger partial charge in [0, 0.05) is 24.6 Å². The summed E-state index contributed by atoms with van der Waals surface area (Å²) in [6.45, 7) is 0.547. The molecule has 0 radical (unpaired) electrons. The zero-order chi connectivity index (χ0) is 16.1. The first kappa shape index (κ1) is 14.7. The van der Waals surface area contributed by atoms with Crippen molar-refractivity contribution in [3.63, 3.8) is 0 Å². The first-order chi connectivity index (χ1) is 11.2. The van der Waals surface area contributed by atoms with Crippen molar-refractivity contribution >= 4 is 23.0 Å². The quantitative estimate of drug-likeness (QED) is 0.671. The van der Waals surface area contributed by atoms with E-state index in [1.165, 1.54) is 18.5 Å². The van der Waals surface area contributed by atoms with Gasteiger partial charge in [-0.15, -0.1) is 0 Å². The van der Waals surface area contributed by atoms with Crippen LogP contribution in [0.3, 0.4) is 0 Å². The first-order valence-corrected chi connectivity index (χ1v) is 6.98. The normalized spacial score (nSPS) is 10.3. The Bertz CT molecular complexity index is 776. The third kappa shape index (κ3) is 3.70. The highest BCUT2D eigenvalue weighted by molar-refractivity contribution is 5.77. The predicted octanol–water partition coefficient (Wildman–Crippen LogP) is 2.95. The number of nitrogens with one attached hydrogen (secondary N) is 2. The van der Waals surface area contributed by atoms with E-state index in [0.29, 0.717) is 29.6 Å². The summed E-state index contributed by atoms with van der Waals surface area (Å²) in [7, 11) is 0. The fourth-order valence-electron chi connectivity index (χ4n) is 1.99. The minimum absolute atomic E-state index is 0.301. The summed E-state index contributed by atoms with van der Waals surface area (Å²) in [6, 6.07) is 9.76. The van der Waals surface area contributed by atoms with Crippen LogP contribution in [0.15, 0.2) is 55.1 Å². The Balaban J connectivity index is 1.74. The van der Waals surface area contributed by atoms with Gasteiger partial charge in [0.05, 0.1) is 0 Å². The van der Waals surface area contributed by atoms with Crippen molar-refractivity contribution in [2.75, 3.05) is 16.4 Å². The van der Waals surface area contributed by atoms with Crippen LogP contribution >= 0.6 is 0 Å². The molecule has 0 aliphatic heterocycles. The second-order valence-electron chi connectivity index (χ2n) is 4.83. The number of hydrogen-bond acceptors (Lipinski definition) is 6. The van der Waals surface area contributed by atoms with Crippen LogP contribution in [0.5, 0.6) is 0 Å². The number of nitrogens with zero attached hydrogens (tertiary/aromatic N) is 3. The number of anilines is 4. The Morgan fingerprint density at radius 3 is 2.57 bits per heavy atom. The standard InChI is InChI=1S/C16H15FN6/c17-12-3-5-13(6-4-12)23-16-14(18)15(21-10-22-16)20-9-11-2-1-7-19-8-11/h1-8,10H,9,18H2,(H2,20,21,22,23). The Labute approximate surface area is 132 Å². The summed E-state index contributed by atoms with van der Waals surface area (Å²) >= 11 is 0. The summed E-state index contributed by atoms with van der Waals surface area (Å²) in [4.78, 5) is 12.3. The molecule has 7 heteroatoms. The molecule has 0 aliphatic carbocycles. The maximum atomic E-state index is 12.9. The minimum Gasteiger partial charge on any atom is -0.393 e. The molecule has 6 nitrogen and oxygen atoms in total.